The van der Waals surface area contributed by atoms with Gasteiger partial charge in [0.2, 0.25) is 5.91 Å². The molecule has 6 heteroatoms. The van der Waals surface area contributed by atoms with E-state index in [-0.39, 0.29) is 18.4 Å². The van der Waals surface area contributed by atoms with Crippen molar-refractivity contribution in [3.63, 3.8) is 0 Å². The minimum absolute atomic E-state index is 0.180. The van der Waals surface area contributed by atoms with E-state index in [0.29, 0.717) is 18.7 Å². The van der Waals surface area contributed by atoms with Crippen LogP contribution in [0.5, 0.6) is 0 Å². The molecule has 0 aromatic carbocycles. The maximum atomic E-state index is 12.0. The van der Waals surface area contributed by atoms with Crippen molar-refractivity contribution in [2.24, 2.45) is 5.92 Å². The summed E-state index contributed by atoms with van der Waals surface area (Å²) in [7, 11) is 0. The molecule has 0 unspecified atom stereocenters. The number of carboxylic acid groups (broad SMARTS) is 1. The molecule has 19 heavy (non-hydrogen) atoms. The Labute approximate surface area is 111 Å². The highest BCUT2D eigenvalue weighted by molar-refractivity contribution is 5.91. The lowest BCUT2D eigenvalue weighted by Crippen LogP contribution is -2.22. The quantitative estimate of drug-likeness (QED) is 0.699. The van der Waals surface area contributed by atoms with Crippen molar-refractivity contribution in [1.82, 2.24) is 9.78 Å². The Hall–Kier alpha value is -2.37. The van der Waals surface area contributed by atoms with Gasteiger partial charge in [-0.2, -0.15) is 5.10 Å². The van der Waals surface area contributed by atoms with Crippen LogP contribution in [0.1, 0.15) is 12.8 Å². The fourth-order valence-electron chi connectivity index (χ4n) is 1.60. The van der Waals surface area contributed by atoms with Crippen LogP contribution in [0.3, 0.4) is 0 Å². The smallest absolute Gasteiger partial charge is 0.325 e. The number of rotatable bonds is 8. The molecule has 0 aliphatic rings. The molecule has 0 saturated heterocycles. The first-order valence-electron chi connectivity index (χ1n) is 5.84. The van der Waals surface area contributed by atoms with Gasteiger partial charge in [-0.1, -0.05) is 12.2 Å². The number of allylic oxidation sites excluding steroid dienone is 2. The van der Waals surface area contributed by atoms with Gasteiger partial charge in [0.15, 0.2) is 5.82 Å². The standard InChI is InChI=1S/C13H17N3O3/c1-3-5-10(6-4-2)13(19)14-11-7-8-16(15-11)9-12(17)18/h3-4,7-8,10H,1-2,5-6,9H2,(H,17,18)(H,14,15,19). The number of nitrogens with one attached hydrogen (secondary N) is 1. The number of aliphatic carboxylic acids is 1. The normalized spacial score (nSPS) is 10.2. The fourth-order valence-corrected chi connectivity index (χ4v) is 1.60. The molecule has 1 aromatic rings. The maximum absolute atomic E-state index is 12.0. The summed E-state index contributed by atoms with van der Waals surface area (Å²) >= 11 is 0. The minimum atomic E-state index is -0.989. The monoisotopic (exact) mass is 263 g/mol. The molecule has 6 nitrogen and oxygen atoms in total. The van der Waals surface area contributed by atoms with E-state index in [1.165, 1.54) is 10.9 Å². The third-order valence-corrected chi connectivity index (χ3v) is 2.46. The van der Waals surface area contributed by atoms with Crippen molar-refractivity contribution in [3.8, 4) is 0 Å². The fraction of sp³-hybridized carbons (Fsp3) is 0.308. The van der Waals surface area contributed by atoms with Gasteiger partial charge in [-0.05, 0) is 12.8 Å². The Morgan fingerprint density at radius 1 is 1.42 bits per heavy atom. The van der Waals surface area contributed by atoms with Gasteiger partial charge in [0.1, 0.15) is 6.54 Å². The van der Waals surface area contributed by atoms with E-state index >= 15 is 0 Å². The highest BCUT2D eigenvalue weighted by Crippen LogP contribution is 2.13. The topological polar surface area (TPSA) is 84.2 Å². The second kappa shape index (κ2) is 7.15. The van der Waals surface area contributed by atoms with Crippen LogP contribution in [0, 0.1) is 5.92 Å². The molecule has 1 aromatic heterocycles. The number of anilines is 1. The number of hydrogen-bond donors (Lipinski definition) is 2. The zero-order chi connectivity index (χ0) is 14.3. The molecule has 0 saturated carbocycles. The number of amides is 1. The molecule has 0 aliphatic heterocycles. The molecular weight excluding hydrogens is 246 g/mol. The molecule has 0 spiro atoms. The lowest BCUT2D eigenvalue weighted by Gasteiger charge is -2.11. The first kappa shape index (κ1) is 14.7. The molecule has 0 aliphatic carbocycles. The summed E-state index contributed by atoms with van der Waals surface area (Å²) in [6, 6.07) is 1.56. The first-order chi connectivity index (χ1) is 9.06. The first-order valence-corrected chi connectivity index (χ1v) is 5.84. The van der Waals surface area contributed by atoms with Crippen LogP contribution in [0.2, 0.25) is 0 Å². The number of carbonyl (C=O) groups excluding carboxylic acids is 1. The highest BCUT2D eigenvalue weighted by Gasteiger charge is 2.16. The van der Waals surface area contributed by atoms with Crippen LogP contribution in [0.4, 0.5) is 5.82 Å². The lowest BCUT2D eigenvalue weighted by atomic mass is 10.0. The maximum Gasteiger partial charge on any atom is 0.325 e. The van der Waals surface area contributed by atoms with Crippen LogP contribution >= 0.6 is 0 Å². The summed E-state index contributed by atoms with van der Waals surface area (Å²) in [6.45, 7) is 6.98. The van der Waals surface area contributed by atoms with Crippen molar-refractivity contribution in [2.45, 2.75) is 19.4 Å². The number of aromatic nitrogens is 2. The van der Waals surface area contributed by atoms with Gasteiger partial charge < -0.3 is 10.4 Å². The Morgan fingerprint density at radius 3 is 2.58 bits per heavy atom. The van der Waals surface area contributed by atoms with Crippen LogP contribution < -0.4 is 5.32 Å². The van der Waals surface area contributed by atoms with Crippen molar-refractivity contribution in [2.75, 3.05) is 5.32 Å². The Kier molecular flexibility index (Phi) is 5.53. The summed E-state index contributed by atoms with van der Waals surface area (Å²) in [5, 5.41) is 15.2. The Bertz CT molecular complexity index is 469. The zero-order valence-corrected chi connectivity index (χ0v) is 10.6. The van der Waals surface area contributed by atoms with Crippen molar-refractivity contribution < 1.29 is 14.7 Å². The largest absolute Gasteiger partial charge is 0.480 e. The molecule has 102 valence electrons. The molecule has 0 fully saturated rings. The SMILES string of the molecule is C=CCC(CC=C)C(=O)Nc1ccn(CC(=O)O)n1. The van der Waals surface area contributed by atoms with Gasteiger partial charge in [0.25, 0.3) is 0 Å². The Balaban J connectivity index is 2.64. The van der Waals surface area contributed by atoms with Crippen LogP contribution in [0.15, 0.2) is 37.6 Å². The van der Waals surface area contributed by atoms with Crippen molar-refractivity contribution in [1.29, 1.82) is 0 Å². The molecule has 2 N–H and O–H groups in total. The zero-order valence-electron chi connectivity index (χ0n) is 10.6. The number of carbonyl (C=O) groups is 2. The lowest BCUT2D eigenvalue weighted by molar-refractivity contribution is -0.137. The van der Waals surface area contributed by atoms with Crippen molar-refractivity contribution in [3.05, 3.63) is 37.6 Å². The van der Waals surface area contributed by atoms with Gasteiger partial charge >= 0.3 is 5.97 Å². The van der Waals surface area contributed by atoms with Crippen molar-refractivity contribution >= 4 is 17.7 Å². The summed E-state index contributed by atoms with van der Waals surface area (Å²) in [5.41, 5.74) is 0. The average Bonchev–Trinajstić information content (AvgIpc) is 2.75. The van der Waals surface area contributed by atoms with E-state index < -0.39 is 5.97 Å². The number of nitrogens with zero attached hydrogens (tertiary/aromatic N) is 2. The van der Waals surface area contributed by atoms with Crippen LogP contribution in [-0.4, -0.2) is 26.8 Å². The van der Waals surface area contributed by atoms with Gasteiger partial charge in [-0.25, -0.2) is 0 Å². The van der Waals surface area contributed by atoms with E-state index in [0.717, 1.165) is 0 Å². The highest BCUT2D eigenvalue weighted by atomic mass is 16.4. The van der Waals surface area contributed by atoms with E-state index in [1.54, 1.807) is 18.2 Å². The molecule has 0 radical (unpaired) electrons. The third kappa shape index (κ3) is 4.79. The second-order valence-electron chi connectivity index (χ2n) is 4.03. The second-order valence-corrected chi connectivity index (χ2v) is 4.03. The predicted octanol–water partition coefficient (Wildman–Crippen LogP) is 1.67. The van der Waals surface area contributed by atoms with Gasteiger partial charge in [0, 0.05) is 18.2 Å². The minimum Gasteiger partial charge on any atom is -0.480 e. The van der Waals surface area contributed by atoms with Gasteiger partial charge in [-0.3, -0.25) is 14.3 Å². The average molecular weight is 263 g/mol. The van der Waals surface area contributed by atoms with E-state index in [2.05, 4.69) is 23.6 Å². The molecule has 0 atom stereocenters. The summed E-state index contributed by atoms with van der Waals surface area (Å²) in [4.78, 5) is 22.5. The van der Waals surface area contributed by atoms with E-state index in [1.807, 2.05) is 0 Å². The summed E-state index contributed by atoms with van der Waals surface area (Å²) in [5.74, 6) is -1.07. The van der Waals surface area contributed by atoms with E-state index in [9.17, 15) is 9.59 Å². The van der Waals surface area contributed by atoms with Gasteiger partial charge in [-0.15, -0.1) is 13.2 Å². The third-order valence-electron chi connectivity index (χ3n) is 2.46. The summed E-state index contributed by atoms with van der Waals surface area (Å²) < 4.78 is 1.24. The molecular formula is C13H17N3O3. The molecule has 1 rings (SSSR count). The Morgan fingerprint density at radius 2 is 2.05 bits per heavy atom. The number of hydrogen-bond acceptors (Lipinski definition) is 3. The summed E-state index contributed by atoms with van der Waals surface area (Å²) in [6.07, 6.45) is 5.95. The number of carboxylic acids is 1. The van der Waals surface area contributed by atoms with Crippen LogP contribution in [0.25, 0.3) is 0 Å². The molecule has 1 amide bonds. The predicted molar refractivity (Wildman–Crippen MR) is 71.6 cm³/mol. The molecule has 1 heterocycles. The van der Waals surface area contributed by atoms with Crippen LogP contribution in [-0.2, 0) is 16.1 Å². The van der Waals surface area contributed by atoms with E-state index in [4.69, 9.17) is 5.11 Å². The van der Waals surface area contributed by atoms with Gasteiger partial charge in [0.05, 0.1) is 0 Å². The molecule has 0 bridgehead atoms.